The van der Waals surface area contributed by atoms with Crippen molar-refractivity contribution in [1.82, 2.24) is 0 Å². The smallest absolute Gasteiger partial charge is 0.143 e. The van der Waals surface area contributed by atoms with Crippen LogP contribution < -0.4 is 0 Å². The molecule has 1 atom stereocenters. The Morgan fingerprint density at radius 3 is 1.27 bits per heavy atom. The maximum absolute atomic E-state index is 10.8. The highest BCUT2D eigenvalue weighted by Gasteiger charge is 2.38. The summed E-state index contributed by atoms with van der Waals surface area (Å²) in [6.07, 6.45) is 18.1. The summed E-state index contributed by atoms with van der Waals surface area (Å²) >= 11 is 0. The number of ether oxygens (including phenoxy) is 2. The minimum atomic E-state index is -0.820. The fraction of sp³-hybridized carbons (Fsp3) is 0.526. The second kappa shape index (κ2) is 20.4. The number of benzene rings is 3. The predicted octanol–water partition coefficient (Wildman–Crippen LogP) is 9.85. The maximum atomic E-state index is 10.8. The zero-order chi connectivity index (χ0) is 28.9. The normalized spacial score (nSPS) is 12.4. The van der Waals surface area contributed by atoms with Crippen LogP contribution in [0, 0.1) is 0 Å². The van der Waals surface area contributed by atoms with E-state index < -0.39 is 11.7 Å². The van der Waals surface area contributed by atoms with E-state index in [9.17, 15) is 5.11 Å². The van der Waals surface area contributed by atoms with E-state index in [2.05, 4.69) is 43.3 Å². The van der Waals surface area contributed by atoms with E-state index in [0.717, 1.165) is 23.1 Å². The molecule has 0 bridgehead atoms. The Balaban J connectivity index is 1.36. The molecule has 3 rings (SSSR count). The summed E-state index contributed by atoms with van der Waals surface area (Å²) in [5.74, 6) is 0. The number of unbranched alkanes of at least 4 members (excludes halogenated alkanes) is 13. The number of rotatable bonds is 23. The van der Waals surface area contributed by atoms with Crippen LogP contribution in [0.25, 0.3) is 0 Å². The number of hydrogen-bond acceptors (Lipinski definition) is 3. The second-order valence-electron chi connectivity index (χ2n) is 11.4. The molecule has 0 amide bonds. The molecule has 0 fully saturated rings. The molecule has 0 aromatic heterocycles. The lowest BCUT2D eigenvalue weighted by molar-refractivity contribution is -0.0641. The van der Waals surface area contributed by atoms with Gasteiger partial charge in [0.1, 0.15) is 11.7 Å². The van der Waals surface area contributed by atoms with Gasteiger partial charge in [0, 0.05) is 6.61 Å². The van der Waals surface area contributed by atoms with Crippen molar-refractivity contribution in [3.8, 4) is 0 Å². The van der Waals surface area contributed by atoms with Crippen LogP contribution in [0.4, 0.5) is 0 Å². The van der Waals surface area contributed by atoms with Crippen molar-refractivity contribution < 1.29 is 14.6 Å². The lowest BCUT2D eigenvalue weighted by Crippen LogP contribution is -2.36. The molecular weight excluding hydrogens is 504 g/mol. The van der Waals surface area contributed by atoms with Gasteiger partial charge >= 0.3 is 0 Å². The summed E-state index contributed by atoms with van der Waals surface area (Å²) in [6.45, 7) is 3.44. The molecule has 0 saturated heterocycles. The highest BCUT2D eigenvalue weighted by molar-refractivity contribution is 5.47. The Bertz CT molecular complexity index is 909. The summed E-state index contributed by atoms with van der Waals surface area (Å²) in [5, 5.41) is 10.8. The molecular formula is C38H54O3. The van der Waals surface area contributed by atoms with Crippen molar-refractivity contribution >= 4 is 0 Å². The van der Waals surface area contributed by atoms with Crippen LogP contribution in [0.1, 0.15) is 114 Å². The first-order chi connectivity index (χ1) is 20.3. The monoisotopic (exact) mass is 558 g/mol. The van der Waals surface area contributed by atoms with E-state index in [-0.39, 0.29) is 13.2 Å². The van der Waals surface area contributed by atoms with Crippen molar-refractivity contribution in [3.05, 3.63) is 108 Å². The second-order valence-corrected chi connectivity index (χ2v) is 11.4. The molecule has 3 aromatic rings. The Morgan fingerprint density at radius 1 is 0.512 bits per heavy atom. The highest BCUT2D eigenvalue weighted by Crippen LogP contribution is 2.40. The Hall–Kier alpha value is -2.46. The third kappa shape index (κ3) is 11.7. The minimum Gasteiger partial charge on any atom is -0.388 e. The molecule has 0 saturated carbocycles. The molecule has 3 heteroatoms. The maximum Gasteiger partial charge on any atom is 0.143 e. The lowest BCUT2D eigenvalue weighted by Gasteiger charge is -2.36. The highest BCUT2D eigenvalue weighted by atomic mass is 16.5. The molecule has 1 N–H and O–H groups in total. The Kier molecular flexibility index (Phi) is 16.5. The first-order valence-corrected chi connectivity index (χ1v) is 16.3. The number of aliphatic hydroxyl groups is 1. The molecule has 0 aliphatic carbocycles. The zero-order valence-corrected chi connectivity index (χ0v) is 25.5. The van der Waals surface area contributed by atoms with Gasteiger partial charge in [-0.1, -0.05) is 181 Å². The van der Waals surface area contributed by atoms with Gasteiger partial charge in [-0.2, -0.15) is 0 Å². The van der Waals surface area contributed by atoms with E-state index in [1.165, 1.54) is 83.5 Å². The quantitative estimate of drug-likeness (QED) is 0.0930. The van der Waals surface area contributed by atoms with Crippen molar-refractivity contribution in [2.24, 2.45) is 0 Å². The van der Waals surface area contributed by atoms with Crippen LogP contribution >= 0.6 is 0 Å². The van der Waals surface area contributed by atoms with Crippen LogP contribution in [-0.4, -0.2) is 31.0 Å². The van der Waals surface area contributed by atoms with Crippen LogP contribution in [0.15, 0.2) is 91.0 Å². The molecule has 224 valence electrons. The van der Waals surface area contributed by atoms with E-state index in [4.69, 9.17) is 9.47 Å². The molecule has 0 aliphatic rings. The topological polar surface area (TPSA) is 38.7 Å². The Labute approximate surface area is 250 Å². The third-order valence-electron chi connectivity index (χ3n) is 7.99. The molecule has 3 aromatic carbocycles. The van der Waals surface area contributed by atoms with Gasteiger partial charge in [0.2, 0.25) is 0 Å². The van der Waals surface area contributed by atoms with Gasteiger partial charge in [0.15, 0.2) is 0 Å². The lowest BCUT2D eigenvalue weighted by atomic mass is 9.80. The van der Waals surface area contributed by atoms with Crippen molar-refractivity contribution in [2.45, 2.75) is 109 Å². The summed E-state index contributed by atoms with van der Waals surface area (Å²) in [6, 6.07) is 30.9. The van der Waals surface area contributed by atoms with Crippen molar-refractivity contribution in [2.75, 3.05) is 19.8 Å². The molecule has 3 nitrogen and oxygen atoms in total. The minimum absolute atomic E-state index is 0.178. The van der Waals surface area contributed by atoms with Gasteiger partial charge in [-0.3, -0.25) is 0 Å². The molecule has 0 aliphatic heterocycles. The van der Waals surface area contributed by atoms with Crippen LogP contribution in [-0.2, 0) is 15.1 Å². The van der Waals surface area contributed by atoms with E-state index in [1.807, 2.05) is 54.6 Å². The van der Waals surface area contributed by atoms with Crippen molar-refractivity contribution in [3.63, 3.8) is 0 Å². The SMILES string of the molecule is CCCCCCCCCCCCCCCCOC[C@@H](O)COC(c1ccccc1)(c1ccccc1)c1ccccc1. The fourth-order valence-electron chi connectivity index (χ4n) is 5.66. The first kappa shape index (κ1) is 33.0. The van der Waals surface area contributed by atoms with Crippen LogP contribution in [0.5, 0.6) is 0 Å². The first-order valence-electron chi connectivity index (χ1n) is 16.3. The van der Waals surface area contributed by atoms with Gasteiger partial charge in [-0.15, -0.1) is 0 Å². The van der Waals surface area contributed by atoms with Gasteiger partial charge in [-0.05, 0) is 23.1 Å². The van der Waals surface area contributed by atoms with Crippen LogP contribution in [0.2, 0.25) is 0 Å². The van der Waals surface area contributed by atoms with Gasteiger partial charge < -0.3 is 14.6 Å². The number of hydrogen-bond donors (Lipinski definition) is 1. The fourth-order valence-corrected chi connectivity index (χ4v) is 5.66. The zero-order valence-electron chi connectivity index (χ0n) is 25.5. The predicted molar refractivity (Wildman–Crippen MR) is 172 cm³/mol. The standard InChI is InChI=1S/C38H54O3/c1-2-3-4-5-6-7-8-9-10-11-12-13-14-24-31-40-32-37(39)33-41-38(34-25-18-15-19-26-34,35-27-20-16-21-28-35)36-29-22-17-23-30-36/h15-23,25-30,37,39H,2-14,24,31-33H2,1H3/t37-/m1/s1. The van der Waals surface area contributed by atoms with Gasteiger partial charge in [0.25, 0.3) is 0 Å². The summed E-state index contributed by atoms with van der Waals surface area (Å²) in [5.41, 5.74) is 2.29. The van der Waals surface area contributed by atoms with Gasteiger partial charge in [-0.25, -0.2) is 0 Å². The largest absolute Gasteiger partial charge is 0.388 e. The van der Waals surface area contributed by atoms with E-state index in [1.54, 1.807) is 0 Å². The molecule has 0 radical (unpaired) electrons. The van der Waals surface area contributed by atoms with Gasteiger partial charge in [0.05, 0.1) is 13.2 Å². The number of aliphatic hydroxyl groups excluding tert-OH is 1. The average Bonchev–Trinajstić information content (AvgIpc) is 3.03. The summed E-state index contributed by atoms with van der Waals surface area (Å²) in [4.78, 5) is 0. The molecule has 0 heterocycles. The molecule has 0 unspecified atom stereocenters. The van der Waals surface area contributed by atoms with E-state index >= 15 is 0 Å². The summed E-state index contributed by atoms with van der Waals surface area (Å²) in [7, 11) is 0. The Morgan fingerprint density at radius 2 is 0.878 bits per heavy atom. The van der Waals surface area contributed by atoms with Crippen molar-refractivity contribution in [1.29, 1.82) is 0 Å². The molecule has 41 heavy (non-hydrogen) atoms. The third-order valence-corrected chi connectivity index (χ3v) is 7.99. The van der Waals surface area contributed by atoms with E-state index in [0.29, 0.717) is 6.61 Å². The summed E-state index contributed by atoms with van der Waals surface area (Å²) < 4.78 is 12.6. The molecule has 0 spiro atoms. The van der Waals surface area contributed by atoms with Crippen LogP contribution in [0.3, 0.4) is 0 Å². The average molecular weight is 559 g/mol.